The Morgan fingerprint density at radius 1 is 0.634 bits per heavy atom. The number of nitrogens with two attached hydrogens (primary N) is 2. The summed E-state index contributed by atoms with van der Waals surface area (Å²) in [5.41, 5.74) is 13.4. The van der Waals surface area contributed by atoms with Crippen molar-refractivity contribution < 1.29 is 48.6 Å². The molecule has 7 amide bonds. The molecule has 5 rings (SSSR count). The molecular weight excluding hydrogens is 917 g/mol. The zero-order chi connectivity index (χ0) is 51.3. The van der Waals surface area contributed by atoms with Crippen LogP contribution in [0.2, 0.25) is 0 Å². The molecule has 0 unspecified atom stereocenters. The van der Waals surface area contributed by atoms with Gasteiger partial charge in [-0.05, 0) is 61.8 Å². The van der Waals surface area contributed by atoms with Gasteiger partial charge in [0.15, 0.2) is 5.96 Å². The Morgan fingerprint density at radius 3 is 1.58 bits per heavy atom. The zero-order valence-corrected chi connectivity index (χ0v) is 39.4. The molecule has 22 heteroatoms. The number of amides is 7. The van der Waals surface area contributed by atoms with E-state index in [9.17, 15) is 48.6 Å². The van der Waals surface area contributed by atoms with Gasteiger partial charge in [0, 0.05) is 38.9 Å². The van der Waals surface area contributed by atoms with Crippen molar-refractivity contribution in [3.05, 3.63) is 108 Å². The van der Waals surface area contributed by atoms with Crippen LogP contribution in [-0.2, 0) is 57.6 Å². The van der Waals surface area contributed by atoms with E-state index in [2.05, 4.69) is 42.5 Å². The highest BCUT2D eigenvalue weighted by Crippen LogP contribution is 2.20. The largest absolute Gasteiger partial charge is 0.480 e. The Kier molecular flexibility index (Phi) is 21.3. The van der Waals surface area contributed by atoms with Crippen molar-refractivity contribution in [1.82, 2.24) is 47.4 Å². The number of rotatable bonds is 26. The van der Waals surface area contributed by atoms with E-state index in [1.807, 2.05) is 0 Å². The zero-order valence-electron chi connectivity index (χ0n) is 39.4. The Balaban J connectivity index is 1.32. The molecule has 0 aromatic heterocycles. The van der Waals surface area contributed by atoms with Gasteiger partial charge in [0.25, 0.3) is 0 Å². The minimum atomic E-state index is -1.65. The van der Waals surface area contributed by atoms with Crippen molar-refractivity contribution in [1.29, 1.82) is 5.41 Å². The monoisotopic (exact) mass is 983 g/mol. The first-order chi connectivity index (χ1) is 34.2. The van der Waals surface area contributed by atoms with Crippen molar-refractivity contribution >= 4 is 53.3 Å². The second-order valence-electron chi connectivity index (χ2n) is 17.5. The predicted molar refractivity (Wildman–Crippen MR) is 261 cm³/mol. The van der Waals surface area contributed by atoms with Crippen LogP contribution in [0.3, 0.4) is 0 Å². The number of hydrogen-bond donors (Lipinski definition) is 13. The van der Waals surface area contributed by atoms with E-state index in [4.69, 9.17) is 16.9 Å². The van der Waals surface area contributed by atoms with E-state index in [1.54, 1.807) is 91.0 Å². The van der Waals surface area contributed by atoms with Crippen LogP contribution in [0.1, 0.15) is 55.2 Å². The number of carbonyl (C=O) groups is 8. The normalized spacial score (nSPS) is 17.7. The standard InChI is InChI=1S/C49H66N12O10/c50-28-38(45(67)60-39(29-62)46(68)58-37(27-32-17-8-3-9-18-32)47(69)61-24-12-21-40(61)48(70)71)59-44(66)36(26-31-15-6-2-7-16-31)57-43(65)35(25-30-13-4-1-5-14-30)56-42(64)34(20-11-23-54-49(51)52)55-41(63)33-19-10-22-53-33/h1-9,13-18,33-40,53,62H,10-12,19-29,50H2,(H,55,63)(H,56,64)(H,57,65)(H,58,68)(H,59,66)(H,60,67)(H,70,71)(H4,51,52,54)/t33-,34-,35-,36-,37-,38-,39-,40+/m0/s1. The molecule has 0 saturated carbocycles. The van der Waals surface area contributed by atoms with Crippen LogP contribution in [0.5, 0.6) is 0 Å². The average Bonchev–Trinajstić information content (AvgIpc) is 4.10. The van der Waals surface area contributed by atoms with Crippen LogP contribution >= 0.6 is 0 Å². The number of aliphatic hydroxyl groups is 1. The molecule has 2 heterocycles. The van der Waals surface area contributed by atoms with Crippen LogP contribution in [-0.4, -0.2) is 150 Å². The summed E-state index contributed by atoms with van der Waals surface area (Å²) in [6, 6.07) is 16.4. The Labute approximate surface area is 411 Å². The second kappa shape index (κ2) is 27.7. The third-order valence-corrected chi connectivity index (χ3v) is 12.2. The minimum absolute atomic E-state index is 0.0246. The van der Waals surface area contributed by atoms with Crippen molar-refractivity contribution in [2.45, 2.75) is 106 Å². The highest BCUT2D eigenvalue weighted by molar-refractivity contribution is 5.98. The van der Waals surface area contributed by atoms with Crippen molar-refractivity contribution in [2.75, 3.05) is 32.8 Å². The van der Waals surface area contributed by atoms with Gasteiger partial charge in [-0.2, -0.15) is 0 Å². The number of aliphatic hydroxyl groups excluding tert-OH is 1. The highest BCUT2D eigenvalue weighted by Gasteiger charge is 2.39. The number of aliphatic carboxylic acids is 1. The van der Waals surface area contributed by atoms with Crippen LogP contribution in [0.15, 0.2) is 91.0 Å². The molecule has 2 aliphatic rings. The number of nitrogens with zero attached hydrogens (tertiary/aromatic N) is 1. The van der Waals surface area contributed by atoms with Gasteiger partial charge in [-0.15, -0.1) is 0 Å². The van der Waals surface area contributed by atoms with E-state index >= 15 is 0 Å². The molecule has 2 fully saturated rings. The lowest BCUT2D eigenvalue weighted by Crippen LogP contribution is -2.62. The molecule has 2 saturated heterocycles. The molecule has 0 spiro atoms. The predicted octanol–water partition coefficient (Wildman–Crippen LogP) is -2.33. The molecular formula is C49H66N12O10. The van der Waals surface area contributed by atoms with Crippen LogP contribution in [0.25, 0.3) is 0 Å². The minimum Gasteiger partial charge on any atom is -0.480 e. The second-order valence-corrected chi connectivity index (χ2v) is 17.5. The first-order valence-electron chi connectivity index (χ1n) is 23.8. The Morgan fingerprint density at radius 2 is 1.10 bits per heavy atom. The molecule has 71 heavy (non-hydrogen) atoms. The highest BCUT2D eigenvalue weighted by atomic mass is 16.4. The van der Waals surface area contributed by atoms with Crippen molar-refractivity contribution in [3.63, 3.8) is 0 Å². The summed E-state index contributed by atoms with van der Waals surface area (Å²) in [6.45, 7) is -0.397. The molecule has 382 valence electrons. The van der Waals surface area contributed by atoms with Crippen LogP contribution in [0, 0.1) is 5.41 Å². The van der Waals surface area contributed by atoms with Crippen LogP contribution in [0.4, 0.5) is 0 Å². The van der Waals surface area contributed by atoms with E-state index in [0.29, 0.717) is 42.5 Å². The Hall–Kier alpha value is -7.43. The third-order valence-electron chi connectivity index (χ3n) is 12.2. The van der Waals surface area contributed by atoms with Gasteiger partial charge >= 0.3 is 5.97 Å². The average molecular weight is 983 g/mol. The number of guanidine groups is 1. The number of nitrogens with one attached hydrogen (secondary N) is 9. The van der Waals surface area contributed by atoms with Gasteiger partial charge in [0.05, 0.1) is 12.6 Å². The van der Waals surface area contributed by atoms with Gasteiger partial charge in [0.2, 0.25) is 41.4 Å². The third kappa shape index (κ3) is 16.9. The molecule has 0 bridgehead atoms. The fraction of sp³-hybridized carbons (Fsp3) is 0.449. The summed E-state index contributed by atoms with van der Waals surface area (Å²) >= 11 is 0. The smallest absolute Gasteiger partial charge is 0.326 e. The number of likely N-dealkylation sites (tertiary alicyclic amines) is 1. The fourth-order valence-electron chi connectivity index (χ4n) is 8.42. The summed E-state index contributed by atoms with van der Waals surface area (Å²) in [5, 5.41) is 49.2. The topological polar surface area (TPSA) is 352 Å². The summed E-state index contributed by atoms with van der Waals surface area (Å²) in [7, 11) is 0. The van der Waals surface area contributed by atoms with Crippen molar-refractivity contribution in [3.8, 4) is 0 Å². The molecule has 8 atom stereocenters. The maximum atomic E-state index is 14.4. The number of benzene rings is 3. The van der Waals surface area contributed by atoms with Crippen LogP contribution < -0.4 is 54.0 Å². The van der Waals surface area contributed by atoms with E-state index < -0.39 is 103 Å². The number of carboxylic acids is 1. The lowest BCUT2D eigenvalue weighted by Gasteiger charge is -2.29. The molecule has 15 N–H and O–H groups in total. The molecule has 22 nitrogen and oxygen atoms in total. The first-order valence-corrected chi connectivity index (χ1v) is 23.8. The molecule has 0 aliphatic carbocycles. The molecule has 0 radical (unpaired) electrons. The quantitative estimate of drug-likeness (QED) is 0.0228. The van der Waals surface area contributed by atoms with Gasteiger partial charge in [-0.25, -0.2) is 4.79 Å². The lowest BCUT2D eigenvalue weighted by atomic mass is 10.0. The number of hydrogen-bond acceptors (Lipinski definition) is 12. The summed E-state index contributed by atoms with van der Waals surface area (Å²) in [4.78, 5) is 110. The number of carbonyl (C=O) groups excluding carboxylic acids is 7. The van der Waals surface area contributed by atoms with Gasteiger partial charge in [0.1, 0.15) is 42.3 Å². The summed E-state index contributed by atoms with van der Waals surface area (Å²) in [6.07, 6.45) is 2.35. The molecule has 3 aromatic carbocycles. The van der Waals surface area contributed by atoms with Gasteiger partial charge in [-0.3, -0.25) is 39.0 Å². The lowest BCUT2D eigenvalue weighted by molar-refractivity contribution is -0.149. The fourth-order valence-corrected chi connectivity index (χ4v) is 8.42. The van der Waals surface area contributed by atoms with E-state index in [1.165, 1.54) is 4.90 Å². The maximum absolute atomic E-state index is 14.4. The maximum Gasteiger partial charge on any atom is 0.326 e. The Bertz CT molecular complexity index is 2290. The summed E-state index contributed by atoms with van der Waals surface area (Å²) < 4.78 is 0. The molecule has 3 aromatic rings. The molecule has 2 aliphatic heterocycles. The van der Waals surface area contributed by atoms with E-state index in [-0.39, 0.29) is 57.1 Å². The van der Waals surface area contributed by atoms with Gasteiger partial charge < -0.3 is 69.1 Å². The summed E-state index contributed by atoms with van der Waals surface area (Å²) in [5.74, 6) is -6.72. The number of carboxylic acid groups (broad SMARTS) is 1. The van der Waals surface area contributed by atoms with Gasteiger partial charge in [-0.1, -0.05) is 91.0 Å². The van der Waals surface area contributed by atoms with E-state index in [0.717, 1.165) is 6.42 Å². The van der Waals surface area contributed by atoms with Crippen molar-refractivity contribution in [2.24, 2.45) is 11.5 Å². The SMILES string of the molecule is N=C(N)NCCC[C@H](NC(=O)[C@@H]1CCCN1)C(=O)N[C@@H](Cc1ccccc1)C(=O)N[C@@H](Cc1ccccc1)C(=O)N[C@@H](CN)C(=O)N[C@@H](CO)C(=O)N[C@@H](Cc1ccccc1)C(=O)N1CCC[C@@H]1C(=O)O. The first kappa shape index (κ1) is 54.5.